The maximum absolute atomic E-state index is 4.58. The Bertz CT molecular complexity index is 344. The highest BCUT2D eigenvalue weighted by Gasteiger charge is 2.08. The summed E-state index contributed by atoms with van der Waals surface area (Å²) in [5, 5.41) is 8.03. The minimum absolute atomic E-state index is 0.561. The van der Waals surface area contributed by atoms with Crippen LogP contribution >= 0.6 is 0 Å². The molecule has 1 aromatic heterocycles. The molecule has 0 radical (unpaired) electrons. The Kier molecular flexibility index (Phi) is 6.36. The molecule has 104 valence electrons. The van der Waals surface area contributed by atoms with Gasteiger partial charge in [-0.3, -0.25) is 9.58 Å². The van der Waals surface area contributed by atoms with Crippen molar-refractivity contribution in [1.29, 1.82) is 0 Å². The van der Waals surface area contributed by atoms with Gasteiger partial charge in [-0.25, -0.2) is 0 Å². The molecule has 1 N–H and O–H groups in total. The fourth-order valence-electron chi connectivity index (χ4n) is 1.99. The van der Waals surface area contributed by atoms with Crippen LogP contribution in [0.2, 0.25) is 0 Å². The van der Waals surface area contributed by atoms with E-state index in [4.69, 9.17) is 0 Å². The lowest BCUT2D eigenvalue weighted by Crippen LogP contribution is -2.33. The number of rotatable bonds is 8. The molecule has 1 aromatic rings. The normalized spacial score (nSPS) is 11.7. The maximum atomic E-state index is 4.58. The topological polar surface area (TPSA) is 33.1 Å². The van der Waals surface area contributed by atoms with Gasteiger partial charge < -0.3 is 5.32 Å². The van der Waals surface area contributed by atoms with Crippen molar-refractivity contribution in [2.75, 3.05) is 20.1 Å². The Morgan fingerprint density at radius 2 is 2.11 bits per heavy atom. The second-order valence-corrected chi connectivity index (χ2v) is 5.14. The number of nitrogens with zero attached hydrogens (tertiary/aromatic N) is 3. The number of hydrogen-bond donors (Lipinski definition) is 1. The third kappa shape index (κ3) is 4.78. The first-order valence-electron chi connectivity index (χ1n) is 7.04. The number of nitrogens with one attached hydrogen (secondary N) is 1. The molecule has 1 rings (SSSR count). The third-order valence-corrected chi connectivity index (χ3v) is 3.05. The Morgan fingerprint density at radius 3 is 2.67 bits per heavy atom. The van der Waals surface area contributed by atoms with Crippen molar-refractivity contribution in [2.45, 2.75) is 53.2 Å². The van der Waals surface area contributed by atoms with Crippen molar-refractivity contribution in [2.24, 2.45) is 0 Å². The van der Waals surface area contributed by atoms with Gasteiger partial charge in [-0.05, 0) is 26.5 Å². The summed E-state index contributed by atoms with van der Waals surface area (Å²) in [6, 6.07) is 2.79. The van der Waals surface area contributed by atoms with Gasteiger partial charge in [0, 0.05) is 32.2 Å². The smallest absolute Gasteiger partial charge is 0.0625 e. The van der Waals surface area contributed by atoms with Crippen LogP contribution in [0.1, 0.15) is 39.1 Å². The average Bonchev–Trinajstić information content (AvgIpc) is 2.70. The van der Waals surface area contributed by atoms with Crippen molar-refractivity contribution in [3.8, 4) is 0 Å². The van der Waals surface area contributed by atoms with Crippen LogP contribution in [0.4, 0.5) is 0 Å². The summed E-state index contributed by atoms with van der Waals surface area (Å²) in [4.78, 5) is 2.35. The van der Waals surface area contributed by atoms with Gasteiger partial charge in [-0.15, -0.1) is 0 Å². The Labute approximate surface area is 111 Å². The van der Waals surface area contributed by atoms with E-state index in [1.807, 2.05) is 0 Å². The van der Waals surface area contributed by atoms with Crippen molar-refractivity contribution in [1.82, 2.24) is 20.0 Å². The van der Waals surface area contributed by atoms with E-state index in [1.165, 1.54) is 11.4 Å². The molecule has 0 fully saturated rings. The Morgan fingerprint density at radius 1 is 1.39 bits per heavy atom. The standard InChI is InChI=1S/C14H28N4/c1-6-13-10-14(18(7-2)16-13)11-17(5)9-8-15-12(3)4/h10,12,15H,6-9,11H2,1-5H3. The van der Waals surface area contributed by atoms with Crippen LogP contribution in [-0.2, 0) is 19.5 Å². The van der Waals surface area contributed by atoms with E-state index < -0.39 is 0 Å². The molecule has 0 bridgehead atoms. The molecule has 4 nitrogen and oxygen atoms in total. The van der Waals surface area contributed by atoms with Gasteiger partial charge in [-0.1, -0.05) is 20.8 Å². The molecule has 0 aromatic carbocycles. The molecule has 0 aliphatic carbocycles. The second-order valence-electron chi connectivity index (χ2n) is 5.14. The van der Waals surface area contributed by atoms with Gasteiger partial charge in [0.15, 0.2) is 0 Å². The van der Waals surface area contributed by atoms with Crippen LogP contribution in [0.5, 0.6) is 0 Å². The third-order valence-electron chi connectivity index (χ3n) is 3.05. The molecule has 0 spiro atoms. The summed E-state index contributed by atoms with van der Waals surface area (Å²) in [7, 11) is 2.17. The highest BCUT2D eigenvalue weighted by atomic mass is 15.3. The van der Waals surface area contributed by atoms with E-state index in [9.17, 15) is 0 Å². The van der Waals surface area contributed by atoms with Crippen molar-refractivity contribution in [3.05, 3.63) is 17.5 Å². The van der Waals surface area contributed by atoms with E-state index in [1.54, 1.807) is 0 Å². The van der Waals surface area contributed by atoms with Gasteiger partial charge in [0.25, 0.3) is 0 Å². The maximum Gasteiger partial charge on any atom is 0.0625 e. The first-order chi connectivity index (χ1) is 8.56. The average molecular weight is 252 g/mol. The Balaban J connectivity index is 2.47. The lowest BCUT2D eigenvalue weighted by molar-refractivity contribution is 0.309. The molecule has 0 saturated heterocycles. The quantitative estimate of drug-likeness (QED) is 0.767. The Hall–Kier alpha value is -0.870. The fraction of sp³-hybridized carbons (Fsp3) is 0.786. The van der Waals surface area contributed by atoms with Crippen molar-refractivity contribution in [3.63, 3.8) is 0 Å². The summed E-state index contributed by atoms with van der Waals surface area (Å²) in [6.07, 6.45) is 1.01. The van der Waals surface area contributed by atoms with Crippen LogP contribution in [0.15, 0.2) is 6.07 Å². The molecular formula is C14H28N4. The van der Waals surface area contributed by atoms with Crippen LogP contribution in [-0.4, -0.2) is 40.9 Å². The van der Waals surface area contributed by atoms with Crippen LogP contribution in [0.3, 0.4) is 0 Å². The first kappa shape index (κ1) is 15.2. The zero-order valence-electron chi connectivity index (χ0n) is 12.5. The van der Waals surface area contributed by atoms with E-state index in [0.29, 0.717) is 6.04 Å². The minimum Gasteiger partial charge on any atom is -0.313 e. The highest BCUT2D eigenvalue weighted by Crippen LogP contribution is 2.07. The lowest BCUT2D eigenvalue weighted by Gasteiger charge is -2.18. The molecule has 18 heavy (non-hydrogen) atoms. The van der Waals surface area contributed by atoms with Crippen LogP contribution in [0.25, 0.3) is 0 Å². The first-order valence-corrected chi connectivity index (χ1v) is 7.04. The van der Waals surface area contributed by atoms with Gasteiger partial charge in [0.1, 0.15) is 0 Å². The fourth-order valence-corrected chi connectivity index (χ4v) is 1.99. The number of hydrogen-bond acceptors (Lipinski definition) is 3. The van der Waals surface area contributed by atoms with Gasteiger partial charge >= 0.3 is 0 Å². The zero-order valence-corrected chi connectivity index (χ0v) is 12.5. The summed E-state index contributed by atoms with van der Waals surface area (Å²) in [6.45, 7) is 12.7. The number of aryl methyl sites for hydroxylation is 2. The number of aromatic nitrogens is 2. The molecule has 0 aliphatic heterocycles. The summed E-state index contributed by atoms with van der Waals surface area (Å²) >= 11 is 0. The molecule has 4 heteroatoms. The molecule has 0 unspecified atom stereocenters. The number of likely N-dealkylation sites (N-methyl/N-ethyl adjacent to an activating group) is 1. The molecule has 0 saturated carbocycles. The van der Waals surface area contributed by atoms with E-state index in [-0.39, 0.29) is 0 Å². The van der Waals surface area contributed by atoms with Gasteiger partial charge in [0.05, 0.1) is 11.4 Å². The predicted octanol–water partition coefficient (Wildman–Crippen LogP) is 1.90. The van der Waals surface area contributed by atoms with Gasteiger partial charge in [0.2, 0.25) is 0 Å². The molecule has 0 aliphatic rings. The molecule has 1 heterocycles. The highest BCUT2D eigenvalue weighted by molar-refractivity contribution is 5.10. The molecule has 0 atom stereocenters. The second kappa shape index (κ2) is 7.54. The summed E-state index contributed by atoms with van der Waals surface area (Å²) in [5.41, 5.74) is 2.52. The van der Waals surface area contributed by atoms with Gasteiger partial charge in [-0.2, -0.15) is 5.10 Å². The van der Waals surface area contributed by atoms with Crippen molar-refractivity contribution < 1.29 is 0 Å². The predicted molar refractivity (Wildman–Crippen MR) is 76.8 cm³/mol. The lowest BCUT2D eigenvalue weighted by atomic mass is 10.3. The van der Waals surface area contributed by atoms with Crippen LogP contribution < -0.4 is 5.32 Å². The van der Waals surface area contributed by atoms with Crippen molar-refractivity contribution >= 4 is 0 Å². The molecule has 0 amide bonds. The van der Waals surface area contributed by atoms with E-state index in [0.717, 1.165) is 32.6 Å². The molecular weight excluding hydrogens is 224 g/mol. The summed E-state index contributed by atoms with van der Waals surface area (Å²) in [5.74, 6) is 0. The summed E-state index contributed by atoms with van der Waals surface area (Å²) < 4.78 is 2.12. The zero-order chi connectivity index (χ0) is 13.5. The van der Waals surface area contributed by atoms with E-state index in [2.05, 4.69) is 60.8 Å². The van der Waals surface area contributed by atoms with E-state index >= 15 is 0 Å². The largest absolute Gasteiger partial charge is 0.313 e. The monoisotopic (exact) mass is 252 g/mol. The minimum atomic E-state index is 0.561. The van der Waals surface area contributed by atoms with Crippen LogP contribution in [0, 0.1) is 0 Å². The SMILES string of the molecule is CCc1cc(CN(C)CCNC(C)C)n(CC)n1.